The van der Waals surface area contributed by atoms with E-state index in [1.165, 1.54) is 18.3 Å². The molecule has 0 bridgehead atoms. The number of β-amino-alcohol motifs (C(OH)–C–C–N with tert-alkyl or cyclic N) is 1. The smallest absolute Gasteiger partial charge is 0.406 e. The van der Waals surface area contributed by atoms with Crippen LogP contribution in [0.1, 0.15) is 38.1 Å². The topological polar surface area (TPSA) is 113 Å². The summed E-state index contributed by atoms with van der Waals surface area (Å²) in [6, 6.07) is 6.35. The second-order valence-electron chi connectivity index (χ2n) is 10.2. The first kappa shape index (κ1) is 27.2. The second kappa shape index (κ2) is 9.78. The Bertz CT molecular complexity index is 1130. The first-order valence-corrected chi connectivity index (χ1v) is 11.8. The molecular weight excluding hydrogens is 494 g/mol. The number of pyridine rings is 1. The maximum atomic E-state index is 13.0. The highest BCUT2D eigenvalue weighted by Gasteiger charge is 2.53. The minimum Gasteiger partial charge on any atom is -0.406 e. The zero-order valence-corrected chi connectivity index (χ0v) is 20.9. The fourth-order valence-electron chi connectivity index (χ4n) is 4.16. The molecule has 2 aromatic rings. The van der Waals surface area contributed by atoms with Crippen molar-refractivity contribution in [3.63, 3.8) is 0 Å². The lowest BCUT2D eigenvalue weighted by molar-refractivity contribution is -0.274. The van der Waals surface area contributed by atoms with E-state index in [4.69, 9.17) is 9.31 Å². The van der Waals surface area contributed by atoms with Crippen LogP contribution in [0, 0.1) is 5.92 Å². The number of carbonyl (C=O) groups excluding carboxylic acids is 1. The Balaban J connectivity index is 1.61. The van der Waals surface area contributed by atoms with Crippen LogP contribution in [0.4, 0.5) is 24.7 Å². The summed E-state index contributed by atoms with van der Waals surface area (Å²) < 4.78 is 53.4. The van der Waals surface area contributed by atoms with Gasteiger partial charge in [0.1, 0.15) is 11.6 Å². The minimum absolute atomic E-state index is 0.169. The number of aliphatic hydroxyl groups is 2. The first-order chi connectivity index (χ1) is 17.2. The fourth-order valence-corrected chi connectivity index (χ4v) is 4.16. The molecule has 13 heteroatoms. The van der Waals surface area contributed by atoms with Crippen molar-refractivity contribution in [2.45, 2.75) is 51.4 Å². The van der Waals surface area contributed by atoms with Crippen LogP contribution < -0.4 is 20.4 Å². The highest BCUT2D eigenvalue weighted by molar-refractivity contribution is 6.64. The summed E-state index contributed by atoms with van der Waals surface area (Å²) in [5.74, 6) is -0.844. The van der Waals surface area contributed by atoms with E-state index in [2.05, 4.69) is 15.0 Å². The van der Waals surface area contributed by atoms with Gasteiger partial charge in [-0.25, -0.2) is 4.98 Å². The Hall–Kier alpha value is -2.87. The molecule has 1 aromatic heterocycles. The van der Waals surface area contributed by atoms with Crippen LogP contribution in [-0.4, -0.2) is 71.6 Å². The molecule has 0 saturated carbocycles. The van der Waals surface area contributed by atoms with Crippen molar-refractivity contribution in [3.8, 4) is 5.75 Å². The molecule has 3 heterocycles. The molecule has 2 fully saturated rings. The fraction of sp³-hybridized carbons (Fsp3) is 0.500. The number of nitrogens with one attached hydrogen (secondary N) is 1. The molecule has 0 radical (unpaired) electrons. The number of amides is 1. The number of rotatable bonds is 6. The Morgan fingerprint density at radius 3 is 2.35 bits per heavy atom. The predicted octanol–water partition coefficient (Wildman–Crippen LogP) is 2.32. The summed E-state index contributed by atoms with van der Waals surface area (Å²) >= 11 is 0. The van der Waals surface area contributed by atoms with E-state index in [9.17, 15) is 28.2 Å². The maximum Gasteiger partial charge on any atom is 0.573 e. The molecular formula is C24H29BF3N3O6. The number of aliphatic hydroxyl groups excluding tert-OH is 2. The zero-order chi connectivity index (χ0) is 27.2. The SMILES string of the molecule is CC1(C)OB(c2cc(C(=O)Nc3ccc(OC(F)(F)F)cc3)cnc2N2C[C@H](CO)[C@@H](O)C2)OC1(C)C. The molecule has 9 nitrogen and oxygen atoms in total. The summed E-state index contributed by atoms with van der Waals surface area (Å²) in [5, 5.41) is 22.5. The van der Waals surface area contributed by atoms with Gasteiger partial charge in [0.15, 0.2) is 0 Å². The van der Waals surface area contributed by atoms with Crippen LogP contribution >= 0.6 is 0 Å². The normalized spacial score (nSPS) is 22.8. The third-order valence-electron chi connectivity index (χ3n) is 6.95. The highest BCUT2D eigenvalue weighted by atomic mass is 19.4. The molecule has 1 aromatic carbocycles. The van der Waals surface area contributed by atoms with Gasteiger partial charge >= 0.3 is 13.5 Å². The van der Waals surface area contributed by atoms with Gasteiger partial charge in [-0.05, 0) is 58.0 Å². The van der Waals surface area contributed by atoms with Gasteiger partial charge in [0, 0.05) is 36.4 Å². The summed E-state index contributed by atoms with van der Waals surface area (Å²) in [4.78, 5) is 19.3. The van der Waals surface area contributed by atoms with Crippen LogP contribution in [0.15, 0.2) is 36.5 Å². The quantitative estimate of drug-likeness (QED) is 0.495. The number of alkyl halides is 3. The Morgan fingerprint density at radius 2 is 1.81 bits per heavy atom. The average molecular weight is 523 g/mol. The summed E-state index contributed by atoms with van der Waals surface area (Å²) in [5.41, 5.74) is -0.417. The number of ether oxygens (including phenoxy) is 1. The first-order valence-electron chi connectivity index (χ1n) is 11.8. The van der Waals surface area contributed by atoms with Crippen LogP contribution in [-0.2, 0) is 9.31 Å². The molecule has 200 valence electrons. The monoisotopic (exact) mass is 523 g/mol. The maximum absolute atomic E-state index is 13.0. The number of nitrogens with zero attached hydrogens (tertiary/aromatic N) is 2. The van der Waals surface area contributed by atoms with Gasteiger partial charge in [0.25, 0.3) is 5.91 Å². The second-order valence-corrected chi connectivity index (χ2v) is 10.2. The van der Waals surface area contributed by atoms with Gasteiger partial charge < -0.3 is 34.5 Å². The molecule has 2 aliphatic rings. The number of hydrogen-bond donors (Lipinski definition) is 3. The molecule has 3 N–H and O–H groups in total. The van der Waals surface area contributed by atoms with Crippen molar-refractivity contribution < 1.29 is 42.2 Å². The zero-order valence-electron chi connectivity index (χ0n) is 20.9. The van der Waals surface area contributed by atoms with Gasteiger partial charge in [0.2, 0.25) is 0 Å². The van der Waals surface area contributed by atoms with Gasteiger partial charge in [-0.1, -0.05) is 0 Å². The van der Waals surface area contributed by atoms with Crippen molar-refractivity contribution in [2.24, 2.45) is 5.92 Å². The number of benzene rings is 1. The van der Waals surface area contributed by atoms with Crippen LogP contribution in [0.25, 0.3) is 0 Å². The molecule has 0 unspecified atom stereocenters. The van der Waals surface area contributed by atoms with Crippen molar-refractivity contribution in [3.05, 3.63) is 42.1 Å². The molecule has 2 aliphatic heterocycles. The predicted molar refractivity (Wildman–Crippen MR) is 130 cm³/mol. The van der Waals surface area contributed by atoms with Crippen molar-refractivity contribution in [1.29, 1.82) is 0 Å². The molecule has 37 heavy (non-hydrogen) atoms. The summed E-state index contributed by atoms with van der Waals surface area (Å²) in [7, 11) is -0.857. The third-order valence-corrected chi connectivity index (χ3v) is 6.95. The third kappa shape index (κ3) is 5.84. The number of hydrogen-bond acceptors (Lipinski definition) is 8. The summed E-state index contributed by atoms with van der Waals surface area (Å²) in [6.45, 7) is 7.98. The van der Waals surface area contributed by atoms with Crippen molar-refractivity contribution >= 4 is 30.0 Å². The molecule has 4 rings (SSSR count). The molecule has 0 spiro atoms. The van der Waals surface area contributed by atoms with E-state index in [0.29, 0.717) is 17.8 Å². The highest BCUT2D eigenvalue weighted by Crippen LogP contribution is 2.37. The standard InChI is InChI=1S/C24H29BF3N3O6/c1-22(2)23(3,4)37-25(36-22)18-9-14(10-29-20(18)31-11-15(13-32)19(33)12-31)21(34)30-16-5-7-17(8-6-16)35-24(26,27)28/h5-10,15,19,32-33H,11-13H2,1-4H3,(H,30,34)/t15-,19+/m1/s1. The molecule has 2 atom stereocenters. The van der Waals surface area contributed by atoms with E-state index >= 15 is 0 Å². The van der Waals surface area contributed by atoms with E-state index in [0.717, 1.165) is 12.1 Å². The van der Waals surface area contributed by atoms with Gasteiger partial charge in [0.05, 0.1) is 29.5 Å². The van der Waals surface area contributed by atoms with Crippen LogP contribution in [0.5, 0.6) is 5.75 Å². The number of aromatic nitrogens is 1. The molecule has 2 saturated heterocycles. The van der Waals surface area contributed by atoms with Gasteiger partial charge in [-0.3, -0.25) is 4.79 Å². The van der Waals surface area contributed by atoms with Gasteiger partial charge in [-0.15, -0.1) is 13.2 Å². The van der Waals surface area contributed by atoms with E-state index < -0.39 is 42.4 Å². The Kier molecular flexibility index (Phi) is 7.19. The Labute approximate surface area is 212 Å². The minimum atomic E-state index is -4.81. The van der Waals surface area contributed by atoms with Crippen LogP contribution in [0.2, 0.25) is 0 Å². The van der Waals surface area contributed by atoms with Crippen molar-refractivity contribution in [1.82, 2.24) is 4.98 Å². The number of halogens is 3. The average Bonchev–Trinajstić information content (AvgIpc) is 3.28. The molecule has 1 amide bonds. The van der Waals surface area contributed by atoms with E-state index in [-0.39, 0.29) is 30.3 Å². The number of carbonyl (C=O) groups is 1. The van der Waals surface area contributed by atoms with Gasteiger partial charge in [-0.2, -0.15) is 0 Å². The number of anilines is 2. The summed E-state index contributed by atoms with van der Waals surface area (Å²) in [6.07, 6.45) is -4.20. The van der Waals surface area contributed by atoms with Crippen LogP contribution in [0.3, 0.4) is 0 Å². The lowest BCUT2D eigenvalue weighted by Gasteiger charge is -2.32. The lowest BCUT2D eigenvalue weighted by Crippen LogP contribution is -2.41. The van der Waals surface area contributed by atoms with Crippen molar-refractivity contribution in [2.75, 3.05) is 29.9 Å². The van der Waals surface area contributed by atoms with E-state index in [1.54, 1.807) is 6.07 Å². The lowest BCUT2D eigenvalue weighted by atomic mass is 9.78. The largest absolute Gasteiger partial charge is 0.573 e. The Morgan fingerprint density at radius 1 is 1.19 bits per heavy atom. The van der Waals surface area contributed by atoms with E-state index in [1.807, 2.05) is 32.6 Å². The molecule has 0 aliphatic carbocycles.